The Bertz CT molecular complexity index is 479. The van der Waals surface area contributed by atoms with Crippen LogP contribution < -0.4 is 5.73 Å². The quantitative estimate of drug-likeness (QED) is 0.881. The molecule has 0 amide bonds. The van der Waals surface area contributed by atoms with Crippen LogP contribution in [0.4, 0.5) is 0 Å². The second kappa shape index (κ2) is 4.74. The summed E-state index contributed by atoms with van der Waals surface area (Å²) >= 11 is 0. The van der Waals surface area contributed by atoms with E-state index >= 15 is 0 Å². The van der Waals surface area contributed by atoms with Crippen LogP contribution in [0.15, 0.2) is 0 Å². The lowest BCUT2D eigenvalue weighted by Crippen LogP contribution is -2.16. The standard InChI is InChI=1S/C14H20N4/c15-7-6-10-2-1-3-12-13(10)14(11-4-5-11)17-18(12)9-8-16/h10-11H,1-7,9,15H2. The first-order valence-corrected chi connectivity index (χ1v) is 7.01. The van der Waals surface area contributed by atoms with Gasteiger partial charge < -0.3 is 5.73 Å². The first-order chi connectivity index (χ1) is 8.85. The van der Waals surface area contributed by atoms with Crippen molar-refractivity contribution >= 4 is 0 Å². The SMILES string of the molecule is N#CCn1nc(C2CC2)c2c1CCCC2CCN. The molecule has 1 unspecified atom stereocenters. The van der Waals surface area contributed by atoms with E-state index in [9.17, 15) is 0 Å². The molecule has 0 saturated heterocycles. The van der Waals surface area contributed by atoms with Gasteiger partial charge in [-0.1, -0.05) is 0 Å². The van der Waals surface area contributed by atoms with E-state index in [0.717, 1.165) is 19.4 Å². The Morgan fingerprint density at radius 3 is 2.89 bits per heavy atom. The summed E-state index contributed by atoms with van der Waals surface area (Å²) in [6.07, 6.45) is 7.13. The molecule has 0 aromatic carbocycles. The molecule has 96 valence electrons. The molecule has 1 atom stereocenters. The van der Waals surface area contributed by atoms with E-state index in [1.165, 1.54) is 42.6 Å². The highest BCUT2D eigenvalue weighted by atomic mass is 15.3. The van der Waals surface area contributed by atoms with Crippen LogP contribution in [0.3, 0.4) is 0 Å². The van der Waals surface area contributed by atoms with Gasteiger partial charge in [0.25, 0.3) is 0 Å². The number of fused-ring (bicyclic) bond motifs is 1. The van der Waals surface area contributed by atoms with Crippen molar-refractivity contribution in [3.8, 4) is 6.07 Å². The minimum absolute atomic E-state index is 0.393. The summed E-state index contributed by atoms with van der Waals surface area (Å²) in [5.74, 6) is 1.25. The van der Waals surface area contributed by atoms with Gasteiger partial charge in [-0.2, -0.15) is 10.4 Å². The van der Waals surface area contributed by atoms with Crippen LogP contribution in [0.2, 0.25) is 0 Å². The molecule has 1 fully saturated rings. The second-order valence-electron chi connectivity index (χ2n) is 5.50. The van der Waals surface area contributed by atoms with Gasteiger partial charge in [0.2, 0.25) is 0 Å². The largest absolute Gasteiger partial charge is 0.330 e. The number of aromatic nitrogens is 2. The molecule has 2 aliphatic rings. The Kier molecular flexibility index (Phi) is 3.09. The third kappa shape index (κ3) is 1.93. The fraction of sp³-hybridized carbons (Fsp3) is 0.714. The Hall–Kier alpha value is -1.34. The van der Waals surface area contributed by atoms with E-state index in [1.807, 2.05) is 4.68 Å². The van der Waals surface area contributed by atoms with Crippen molar-refractivity contribution < 1.29 is 0 Å². The zero-order chi connectivity index (χ0) is 12.5. The molecule has 0 bridgehead atoms. The van der Waals surface area contributed by atoms with Crippen LogP contribution in [-0.4, -0.2) is 16.3 Å². The highest BCUT2D eigenvalue weighted by molar-refractivity contribution is 5.37. The molecular weight excluding hydrogens is 224 g/mol. The van der Waals surface area contributed by atoms with Crippen LogP contribution in [0.25, 0.3) is 0 Å². The fourth-order valence-corrected chi connectivity index (χ4v) is 3.25. The van der Waals surface area contributed by atoms with Crippen LogP contribution in [-0.2, 0) is 13.0 Å². The number of nitrogens with zero attached hydrogens (tertiary/aromatic N) is 3. The predicted octanol–water partition coefficient (Wildman–Crippen LogP) is 2.05. The molecule has 2 N–H and O–H groups in total. The van der Waals surface area contributed by atoms with Gasteiger partial charge in [-0.15, -0.1) is 0 Å². The molecule has 2 aliphatic carbocycles. The van der Waals surface area contributed by atoms with Crippen molar-refractivity contribution in [2.45, 2.75) is 56.9 Å². The maximum Gasteiger partial charge on any atom is 0.128 e. The summed E-state index contributed by atoms with van der Waals surface area (Å²) in [5.41, 5.74) is 9.82. The zero-order valence-corrected chi connectivity index (χ0v) is 10.7. The summed E-state index contributed by atoms with van der Waals surface area (Å²) in [4.78, 5) is 0. The second-order valence-corrected chi connectivity index (χ2v) is 5.50. The maximum absolute atomic E-state index is 8.92. The van der Waals surface area contributed by atoms with Gasteiger partial charge in [-0.3, -0.25) is 4.68 Å². The third-order valence-electron chi connectivity index (χ3n) is 4.20. The minimum Gasteiger partial charge on any atom is -0.330 e. The number of hydrogen-bond acceptors (Lipinski definition) is 3. The lowest BCUT2D eigenvalue weighted by molar-refractivity contribution is 0.507. The summed E-state index contributed by atoms with van der Waals surface area (Å²) in [7, 11) is 0. The van der Waals surface area contributed by atoms with E-state index in [1.54, 1.807) is 0 Å². The molecule has 0 radical (unpaired) electrons. The summed E-state index contributed by atoms with van der Waals surface area (Å²) in [6.45, 7) is 1.14. The monoisotopic (exact) mass is 244 g/mol. The lowest BCUT2D eigenvalue weighted by atomic mass is 9.82. The molecule has 1 saturated carbocycles. The average Bonchev–Trinajstić information content (AvgIpc) is 3.15. The van der Waals surface area contributed by atoms with Crippen molar-refractivity contribution in [3.63, 3.8) is 0 Å². The van der Waals surface area contributed by atoms with Gasteiger partial charge in [-0.05, 0) is 56.6 Å². The first-order valence-electron chi connectivity index (χ1n) is 7.01. The van der Waals surface area contributed by atoms with E-state index in [0.29, 0.717) is 18.4 Å². The lowest BCUT2D eigenvalue weighted by Gasteiger charge is -2.23. The summed E-state index contributed by atoms with van der Waals surface area (Å²) in [5, 5.41) is 13.7. The number of nitriles is 1. The molecule has 1 heterocycles. The van der Waals surface area contributed by atoms with Gasteiger partial charge >= 0.3 is 0 Å². The zero-order valence-electron chi connectivity index (χ0n) is 10.7. The Morgan fingerprint density at radius 2 is 2.22 bits per heavy atom. The molecule has 4 nitrogen and oxygen atoms in total. The number of hydrogen-bond donors (Lipinski definition) is 1. The molecular formula is C14H20N4. The Labute approximate surface area is 108 Å². The molecule has 0 spiro atoms. The molecule has 3 rings (SSSR count). The van der Waals surface area contributed by atoms with Crippen molar-refractivity contribution in [3.05, 3.63) is 17.0 Å². The van der Waals surface area contributed by atoms with Gasteiger partial charge in [-0.25, -0.2) is 0 Å². The summed E-state index contributed by atoms with van der Waals surface area (Å²) in [6, 6.07) is 2.23. The molecule has 1 aromatic heterocycles. The predicted molar refractivity (Wildman–Crippen MR) is 69.2 cm³/mol. The fourth-order valence-electron chi connectivity index (χ4n) is 3.25. The molecule has 1 aromatic rings. The smallest absolute Gasteiger partial charge is 0.128 e. The minimum atomic E-state index is 0.393. The van der Waals surface area contributed by atoms with E-state index < -0.39 is 0 Å². The van der Waals surface area contributed by atoms with Crippen molar-refractivity contribution in [2.24, 2.45) is 5.73 Å². The Morgan fingerprint density at radius 1 is 1.39 bits per heavy atom. The van der Waals surface area contributed by atoms with Crippen LogP contribution in [0, 0.1) is 11.3 Å². The van der Waals surface area contributed by atoms with E-state index in [4.69, 9.17) is 16.1 Å². The van der Waals surface area contributed by atoms with Crippen LogP contribution in [0.1, 0.15) is 60.9 Å². The van der Waals surface area contributed by atoms with Crippen molar-refractivity contribution in [1.82, 2.24) is 9.78 Å². The highest BCUT2D eigenvalue weighted by Gasteiger charge is 2.35. The molecule has 18 heavy (non-hydrogen) atoms. The van der Waals surface area contributed by atoms with Gasteiger partial charge in [0, 0.05) is 11.6 Å². The van der Waals surface area contributed by atoms with Gasteiger partial charge in [0.15, 0.2) is 0 Å². The van der Waals surface area contributed by atoms with Gasteiger partial charge in [0.1, 0.15) is 6.54 Å². The third-order valence-corrected chi connectivity index (χ3v) is 4.20. The normalized spacial score (nSPS) is 22.6. The first kappa shape index (κ1) is 11.7. The number of rotatable bonds is 4. The summed E-state index contributed by atoms with van der Waals surface area (Å²) < 4.78 is 1.95. The topological polar surface area (TPSA) is 67.6 Å². The van der Waals surface area contributed by atoms with Gasteiger partial charge in [0.05, 0.1) is 11.8 Å². The Balaban J connectivity index is 2.02. The average molecular weight is 244 g/mol. The molecule has 0 aliphatic heterocycles. The van der Waals surface area contributed by atoms with E-state index in [-0.39, 0.29) is 0 Å². The van der Waals surface area contributed by atoms with E-state index in [2.05, 4.69) is 6.07 Å². The molecule has 4 heteroatoms. The number of nitrogens with two attached hydrogens (primary N) is 1. The maximum atomic E-state index is 8.92. The van der Waals surface area contributed by atoms with Crippen LogP contribution in [0.5, 0.6) is 0 Å². The van der Waals surface area contributed by atoms with Crippen molar-refractivity contribution in [1.29, 1.82) is 5.26 Å². The highest BCUT2D eigenvalue weighted by Crippen LogP contribution is 2.46. The van der Waals surface area contributed by atoms with Crippen molar-refractivity contribution in [2.75, 3.05) is 6.54 Å². The van der Waals surface area contributed by atoms with Crippen LogP contribution >= 0.6 is 0 Å².